The zero-order valence-corrected chi connectivity index (χ0v) is 18.8. The van der Waals surface area contributed by atoms with Gasteiger partial charge in [0, 0.05) is 12.0 Å². The predicted octanol–water partition coefficient (Wildman–Crippen LogP) is 6.26. The SMILES string of the molecule is CC(C)c1cc(Oc2c(Cl)c(F)nc(NC(Cc3ccccc3)C(=O)O)c2Cl)ccc1O. The van der Waals surface area contributed by atoms with E-state index in [1.54, 1.807) is 30.3 Å². The fraction of sp³-hybridized carbons (Fsp3) is 0.217. The minimum Gasteiger partial charge on any atom is -0.508 e. The van der Waals surface area contributed by atoms with Crippen LogP contribution >= 0.6 is 23.2 Å². The van der Waals surface area contributed by atoms with Crippen LogP contribution in [-0.2, 0) is 11.2 Å². The second-order valence-electron chi connectivity index (χ2n) is 7.41. The Balaban J connectivity index is 1.94. The van der Waals surface area contributed by atoms with Crippen molar-refractivity contribution in [1.29, 1.82) is 0 Å². The Labute approximate surface area is 194 Å². The fourth-order valence-corrected chi connectivity index (χ4v) is 3.52. The Bertz CT molecular complexity index is 1130. The van der Waals surface area contributed by atoms with Gasteiger partial charge in [0.2, 0.25) is 5.95 Å². The Morgan fingerprint density at radius 1 is 1.16 bits per heavy atom. The Kier molecular flexibility index (Phi) is 7.43. The van der Waals surface area contributed by atoms with Crippen molar-refractivity contribution >= 4 is 35.0 Å². The number of anilines is 1. The van der Waals surface area contributed by atoms with Gasteiger partial charge in [-0.2, -0.15) is 9.37 Å². The highest BCUT2D eigenvalue weighted by Gasteiger charge is 2.25. The third kappa shape index (κ3) is 5.41. The van der Waals surface area contributed by atoms with Crippen LogP contribution in [0, 0.1) is 5.95 Å². The van der Waals surface area contributed by atoms with Crippen LogP contribution in [0.2, 0.25) is 10.0 Å². The highest BCUT2D eigenvalue weighted by atomic mass is 35.5. The number of rotatable bonds is 8. The molecule has 1 unspecified atom stereocenters. The Morgan fingerprint density at radius 2 is 1.84 bits per heavy atom. The number of aromatic hydroxyl groups is 1. The van der Waals surface area contributed by atoms with E-state index >= 15 is 0 Å². The van der Waals surface area contributed by atoms with Crippen LogP contribution in [0.3, 0.4) is 0 Å². The molecule has 0 aliphatic carbocycles. The highest BCUT2D eigenvalue weighted by Crippen LogP contribution is 2.42. The summed E-state index contributed by atoms with van der Waals surface area (Å²) in [5.74, 6) is -2.29. The van der Waals surface area contributed by atoms with Crippen molar-refractivity contribution in [1.82, 2.24) is 4.98 Å². The van der Waals surface area contributed by atoms with Crippen LogP contribution in [-0.4, -0.2) is 27.2 Å². The Morgan fingerprint density at radius 3 is 2.47 bits per heavy atom. The second kappa shape index (κ2) is 10.1. The number of pyridine rings is 1. The first-order valence-electron chi connectivity index (χ1n) is 9.75. The highest BCUT2D eigenvalue weighted by molar-refractivity contribution is 6.38. The number of phenols is 1. The number of carboxylic acids is 1. The molecule has 0 saturated carbocycles. The van der Waals surface area contributed by atoms with Gasteiger partial charge in [0.1, 0.15) is 27.6 Å². The molecule has 168 valence electrons. The summed E-state index contributed by atoms with van der Waals surface area (Å²) in [6, 6.07) is 12.3. The van der Waals surface area contributed by atoms with Crippen molar-refractivity contribution in [3.63, 3.8) is 0 Å². The van der Waals surface area contributed by atoms with Crippen molar-refractivity contribution in [2.24, 2.45) is 0 Å². The number of nitrogens with zero attached hydrogens (tertiary/aromatic N) is 1. The van der Waals surface area contributed by atoms with E-state index in [1.165, 1.54) is 12.1 Å². The van der Waals surface area contributed by atoms with E-state index < -0.39 is 23.0 Å². The van der Waals surface area contributed by atoms with Crippen LogP contribution in [0.1, 0.15) is 30.9 Å². The van der Waals surface area contributed by atoms with E-state index in [9.17, 15) is 19.4 Å². The van der Waals surface area contributed by atoms with E-state index in [4.69, 9.17) is 27.9 Å². The molecule has 1 heterocycles. The fourth-order valence-electron chi connectivity index (χ4n) is 3.07. The van der Waals surface area contributed by atoms with Gasteiger partial charge >= 0.3 is 5.97 Å². The van der Waals surface area contributed by atoms with Crippen molar-refractivity contribution in [2.45, 2.75) is 32.2 Å². The maximum atomic E-state index is 14.5. The molecule has 32 heavy (non-hydrogen) atoms. The smallest absolute Gasteiger partial charge is 0.326 e. The molecule has 0 fully saturated rings. The van der Waals surface area contributed by atoms with Crippen molar-refractivity contribution in [3.8, 4) is 17.2 Å². The molecule has 0 bridgehead atoms. The average Bonchev–Trinajstić information content (AvgIpc) is 2.76. The number of aromatic nitrogens is 1. The predicted molar refractivity (Wildman–Crippen MR) is 122 cm³/mol. The van der Waals surface area contributed by atoms with E-state index in [2.05, 4.69) is 10.3 Å². The van der Waals surface area contributed by atoms with E-state index in [-0.39, 0.29) is 40.4 Å². The van der Waals surface area contributed by atoms with Gasteiger partial charge in [0.25, 0.3) is 0 Å². The first-order chi connectivity index (χ1) is 15.2. The lowest BCUT2D eigenvalue weighted by Crippen LogP contribution is -2.32. The third-order valence-corrected chi connectivity index (χ3v) is 5.41. The van der Waals surface area contributed by atoms with Crippen molar-refractivity contribution in [2.75, 3.05) is 5.32 Å². The van der Waals surface area contributed by atoms with Gasteiger partial charge in [-0.05, 0) is 29.7 Å². The number of phenolic OH excluding ortho intramolecular Hbond substituents is 1. The van der Waals surface area contributed by atoms with Gasteiger partial charge in [-0.15, -0.1) is 0 Å². The lowest BCUT2D eigenvalue weighted by molar-refractivity contribution is -0.137. The maximum Gasteiger partial charge on any atom is 0.326 e. The molecule has 3 aromatic rings. The summed E-state index contributed by atoms with van der Waals surface area (Å²) >= 11 is 12.4. The number of halogens is 3. The molecule has 1 aromatic heterocycles. The standard InChI is InChI=1S/C23H21Cl2FN2O4/c1-12(2)15-11-14(8-9-17(15)29)32-20-18(24)21(26)28-22(19(20)25)27-16(23(30)31)10-13-6-4-3-5-7-13/h3-9,11-12,16,29H,10H2,1-2H3,(H,27,28)(H,30,31). The number of benzene rings is 2. The van der Waals surface area contributed by atoms with Crippen LogP contribution in [0.5, 0.6) is 17.2 Å². The van der Waals surface area contributed by atoms with Crippen molar-refractivity contribution in [3.05, 3.63) is 75.7 Å². The minimum atomic E-state index is -1.16. The molecule has 3 N–H and O–H groups in total. The summed E-state index contributed by atoms with van der Waals surface area (Å²) in [5.41, 5.74) is 1.39. The molecule has 2 aromatic carbocycles. The van der Waals surface area contributed by atoms with Crippen LogP contribution in [0.25, 0.3) is 0 Å². The number of carbonyl (C=O) groups is 1. The lowest BCUT2D eigenvalue weighted by Gasteiger charge is -2.19. The van der Waals surface area contributed by atoms with Crippen LogP contribution in [0.15, 0.2) is 48.5 Å². The number of carboxylic acid groups (broad SMARTS) is 1. The summed E-state index contributed by atoms with van der Waals surface area (Å²) in [5, 5.41) is 21.7. The quantitative estimate of drug-likeness (QED) is 0.331. The summed E-state index contributed by atoms with van der Waals surface area (Å²) < 4.78 is 20.2. The summed E-state index contributed by atoms with van der Waals surface area (Å²) in [7, 11) is 0. The van der Waals surface area contributed by atoms with Gasteiger partial charge in [-0.25, -0.2) is 4.79 Å². The van der Waals surface area contributed by atoms with Gasteiger partial charge in [0.05, 0.1) is 0 Å². The van der Waals surface area contributed by atoms with Crippen LogP contribution < -0.4 is 10.1 Å². The van der Waals surface area contributed by atoms with E-state index in [0.29, 0.717) is 5.56 Å². The second-order valence-corrected chi connectivity index (χ2v) is 8.17. The zero-order chi connectivity index (χ0) is 23.4. The molecular formula is C23H21Cl2FN2O4. The number of hydrogen-bond acceptors (Lipinski definition) is 5. The molecule has 1 atom stereocenters. The minimum absolute atomic E-state index is 0.00482. The molecule has 0 radical (unpaired) electrons. The van der Waals surface area contributed by atoms with Crippen LogP contribution in [0.4, 0.5) is 10.2 Å². The Hall–Kier alpha value is -3.03. The monoisotopic (exact) mass is 478 g/mol. The van der Waals surface area contributed by atoms with E-state index in [1.807, 2.05) is 19.9 Å². The largest absolute Gasteiger partial charge is 0.508 e. The molecule has 0 saturated heterocycles. The summed E-state index contributed by atoms with van der Waals surface area (Å²) in [4.78, 5) is 15.4. The third-order valence-electron chi connectivity index (χ3n) is 4.73. The van der Waals surface area contributed by atoms with Gasteiger partial charge in [-0.3, -0.25) is 0 Å². The molecule has 0 aliphatic heterocycles. The number of aliphatic carboxylic acids is 1. The number of hydrogen-bond donors (Lipinski definition) is 3. The maximum absolute atomic E-state index is 14.5. The molecular weight excluding hydrogens is 458 g/mol. The molecule has 6 nitrogen and oxygen atoms in total. The molecule has 0 aliphatic rings. The first-order valence-corrected chi connectivity index (χ1v) is 10.5. The average molecular weight is 479 g/mol. The zero-order valence-electron chi connectivity index (χ0n) is 17.3. The summed E-state index contributed by atoms with van der Waals surface area (Å²) in [6.07, 6.45) is 0.115. The molecule has 0 amide bonds. The molecule has 9 heteroatoms. The van der Waals surface area contributed by atoms with Gasteiger partial charge in [0.15, 0.2) is 11.6 Å². The van der Waals surface area contributed by atoms with Gasteiger partial charge < -0.3 is 20.3 Å². The van der Waals surface area contributed by atoms with E-state index in [0.717, 1.165) is 5.56 Å². The summed E-state index contributed by atoms with van der Waals surface area (Å²) in [6.45, 7) is 3.79. The number of ether oxygens (including phenoxy) is 1. The molecule has 0 spiro atoms. The first kappa shape index (κ1) is 23.6. The van der Waals surface area contributed by atoms with Gasteiger partial charge in [-0.1, -0.05) is 67.4 Å². The number of nitrogens with one attached hydrogen (secondary N) is 1. The normalized spacial score (nSPS) is 11.9. The molecule has 3 rings (SSSR count). The topological polar surface area (TPSA) is 91.7 Å². The lowest BCUT2D eigenvalue weighted by atomic mass is 10.0. The van der Waals surface area contributed by atoms with Crippen molar-refractivity contribution < 1.29 is 24.1 Å².